The highest BCUT2D eigenvalue weighted by Crippen LogP contribution is 2.36. The molecule has 0 aromatic heterocycles. The van der Waals surface area contributed by atoms with Gasteiger partial charge in [0.05, 0.1) is 27.5 Å². The van der Waals surface area contributed by atoms with Crippen LogP contribution in [0.2, 0.25) is 10.0 Å². The fraction of sp³-hybridized carbons (Fsp3) is 0.462. The predicted octanol–water partition coefficient (Wildman–Crippen LogP) is 4.28. The van der Waals surface area contributed by atoms with E-state index in [1.54, 1.807) is 4.90 Å². The Kier molecular flexibility index (Phi) is 6.05. The zero-order valence-electron chi connectivity index (χ0n) is 11.3. The van der Waals surface area contributed by atoms with Gasteiger partial charge in [-0.3, -0.25) is 10.1 Å². The van der Waals surface area contributed by atoms with Crippen molar-refractivity contribution in [3.63, 3.8) is 0 Å². The summed E-state index contributed by atoms with van der Waals surface area (Å²) in [4.78, 5) is 12.5. The summed E-state index contributed by atoms with van der Waals surface area (Å²) in [5.74, 6) is 0.294. The number of nitro benzene ring substituents is 1. The average molecular weight is 316 g/mol. The van der Waals surface area contributed by atoms with Gasteiger partial charge < -0.3 is 4.90 Å². The second-order valence-corrected chi connectivity index (χ2v) is 5.57. The highest BCUT2D eigenvalue weighted by molar-refractivity contribution is 6.42. The summed E-state index contributed by atoms with van der Waals surface area (Å²) in [6, 6.07) is 4.78. The smallest absolute Gasteiger partial charge is 0.294 e. The number of halogens is 2. The van der Waals surface area contributed by atoms with Gasteiger partial charge in [-0.25, -0.2) is 0 Å². The zero-order chi connectivity index (χ0) is 15.3. The first-order valence-electron chi connectivity index (χ1n) is 6.12. The van der Waals surface area contributed by atoms with E-state index in [0.29, 0.717) is 24.7 Å². The molecule has 0 spiro atoms. The lowest BCUT2D eigenvalue weighted by Gasteiger charge is -2.25. The van der Waals surface area contributed by atoms with Gasteiger partial charge >= 0.3 is 0 Å². The molecule has 0 aliphatic carbocycles. The maximum Gasteiger partial charge on any atom is 0.294 e. The molecule has 1 aromatic rings. The number of anilines is 1. The van der Waals surface area contributed by atoms with E-state index in [2.05, 4.69) is 0 Å². The predicted molar refractivity (Wildman–Crippen MR) is 80.4 cm³/mol. The van der Waals surface area contributed by atoms with Crippen molar-refractivity contribution in [3.05, 3.63) is 32.3 Å². The van der Waals surface area contributed by atoms with Gasteiger partial charge in [0.25, 0.3) is 5.69 Å². The van der Waals surface area contributed by atoms with Gasteiger partial charge in [0.1, 0.15) is 5.69 Å². The molecule has 108 valence electrons. The largest absolute Gasteiger partial charge is 0.365 e. The lowest BCUT2D eigenvalue weighted by atomic mass is 10.1. The van der Waals surface area contributed by atoms with E-state index in [4.69, 9.17) is 28.5 Å². The number of rotatable bonds is 6. The van der Waals surface area contributed by atoms with Crippen LogP contribution in [0, 0.1) is 27.4 Å². The summed E-state index contributed by atoms with van der Waals surface area (Å²) >= 11 is 11.8. The number of nitrogens with zero attached hydrogens (tertiary/aromatic N) is 3. The van der Waals surface area contributed by atoms with Crippen molar-refractivity contribution in [3.8, 4) is 6.07 Å². The van der Waals surface area contributed by atoms with Crippen LogP contribution < -0.4 is 4.90 Å². The van der Waals surface area contributed by atoms with Gasteiger partial charge in [0.15, 0.2) is 0 Å². The van der Waals surface area contributed by atoms with Crippen molar-refractivity contribution in [1.82, 2.24) is 0 Å². The Labute approximate surface area is 127 Å². The molecule has 7 heteroatoms. The van der Waals surface area contributed by atoms with E-state index < -0.39 is 4.92 Å². The van der Waals surface area contributed by atoms with E-state index in [1.807, 2.05) is 19.9 Å². The number of hydrogen-bond acceptors (Lipinski definition) is 4. The maximum atomic E-state index is 11.2. The minimum atomic E-state index is -0.489. The van der Waals surface area contributed by atoms with Gasteiger partial charge in [-0.1, -0.05) is 37.0 Å². The van der Waals surface area contributed by atoms with E-state index in [0.717, 1.165) is 0 Å². The number of benzene rings is 1. The summed E-state index contributed by atoms with van der Waals surface area (Å²) in [7, 11) is 0. The Hall–Kier alpha value is -1.51. The van der Waals surface area contributed by atoms with E-state index in [9.17, 15) is 10.1 Å². The maximum absolute atomic E-state index is 11.2. The summed E-state index contributed by atoms with van der Waals surface area (Å²) in [5.41, 5.74) is 0.298. The molecule has 0 saturated heterocycles. The fourth-order valence-electron chi connectivity index (χ4n) is 1.86. The first-order valence-corrected chi connectivity index (χ1v) is 6.87. The van der Waals surface area contributed by atoms with Crippen molar-refractivity contribution in [2.24, 2.45) is 5.92 Å². The van der Waals surface area contributed by atoms with E-state index >= 15 is 0 Å². The van der Waals surface area contributed by atoms with Crippen LogP contribution in [0.1, 0.15) is 20.3 Å². The second-order valence-electron chi connectivity index (χ2n) is 4.76. The second kappa shape index (κ2) is 7.32. The van der Waals surface area contributed by atoms with Crippen LogP contribution in [0.5, 0.6) is 0 Å². The molecule has 0 aliphatic rings. The third-order valence-electron chi connectivity index (χ3n) is 2.63. The summed E-state index contributed by atoms with van der Waals surface area (Å²) in [5, 5.41) is 20.3. The highest BCUT2D eigenvalue weighted by atomic mass is 35.5. The van der Waals surface area contributed by atoms with Crippen LogP contribution in [0.15, 0.2) is 12.1 Å². The summed E-state index contributed by atoms with van der Waals surface area (Å²) in [6.07, 6.45) is 0.282. The number of nitro groups is 1. The molecule has 1 rings (SSSR count). The van der Waals surface area contributed by atoms with Gasteiger partial charge in [0, 0.05) is 19.2 Å². The normalized spacial score (nSPS) is 10.4. The van der Waals surface area contributed by atoms with Crippen LogP contribution in [0.25, 0.3) is 0 Å². The zero-order valence-corrected chi connectivity index (χ0v) is 12.8. The van der Waals surface area contributed by atoms with Crippen molar-refractivity contribution in [1.29, 1.82) is 5.26 Å². The molecule has 0 N–H and O–H groups in total. The molecule has 0 saturated carbocycles. The monoisotopic (exact) mass is 315 g/mol. The van der Waals surface area contributed by atoms with Crippen molar-refractivity contribution in [2.45, 2.75) is 20.3 Å². The van der Waals surface area contributed by atoms with Crippen LogP contribution in [-0.4, -0.2) is 18.0 Å². The molecular formula is C13H15Cl2N3O2. The van der Waals surface area contributed by atoms with E-state index in [-0.39, 0.29) is 22.2 Å². The third kappa shape index (κ3) is 4.26. The molecule has 0 bridgehead atoms. The Bertz CT molecular complexity index is 541. The van der Waals surface area contributed by atoms with Gasteiger partial charge in [-0.05, 0) is 12.0 Å². The lowest BCUT2D eigenvalue weighted by molar-refractivity contribution is -0.384. The highest BCUT2D eigenvalue weighted by Gasteiger charge is 2.22. The first-order chi connectivity index (χ1) is 9.36. The summed E-state index contributed by atoms with van der Waals surface area (Å²) in [6.45, 7) is 5.01. The van der Waals surface area contributed by atoms with Crippen molar-refractivity contribution in [2.75, 3.05) is 18.0 Å². The van der Waals surface area contributed by atoms with Gasteiger partial charge in [-0.15, -0.1) is 0 Å². The van der Waals surface area contributed by atoms with Crippen molar-refractivity contribution >= 4 is 34.6 Å². The average Bonchev–Trinajstić information content (AvgIpc) is 2.36. The Morgan fingerprint density at radius 1 is 1.40 bits per heavy atom. The third-order valence-corrected chi connectivity index (χ3v) is 3.36. The Morgan fingerprint density at radius 3 is 2.50 bits per heavy atom. The first kappa shape index (κ1) is 16.5. The molecule has 0 heterocycles. The Morgan fingerprint density at radius 2 is 2.00 bits per heavy atom. The fourth-order valence-corrected chi connectivity index (χ4v) is 2.18. The molecule has 5 nitrogen and oxygen atoms in total. The molecule has 0 aliphatic heterocycles. The van der Waals surface area contributed by atoms with Crippen LogP contribution >= 0.6 is 23.2 Å². The molecule has 0 amide bonds. The molecule has 0 unspecified atom stereocenters. The molecule has 0 fully saturated rings. The van der Waals surface area contributed by atoms with Crippen LogP contribution in [0.3, 0.4) is 0 Å². The topological polar surface area (TPSA) is 70.2 Å². The standard InChI is InChI=1S/C13H15Cl2N3O2/c1-9(2)8-17(5-3-4-16)12-6-10(14)11(15)7-13(12)18(19)20/h6-7,9H,3,5,8H2,1-2H3. The SMILES string of the molecule is CC(C)CN(CCC#N)c1cc(Cl)c(Cl)cc1[N+](=O)[O-]. The number of nitriles is 1. The van der Waals surface area contributed by atoms with Crippen molar-refractivity contribution < 1.29 is 4.92 Å². The molecule has 0 atom stereocenters. The minimum absolute atomic E-state index is 0.0991. The van der Waals surface area contributed by atoms with Gasteiger partial charge in [-0.2, -0.15) is 5.26 Å². The minimum Gasteiger partial charge on any atom is -0.365 e. The van der Waals surface area contributed by atoms with Crippen LogP contribution in [-0.2, 0) is 0 Å². The van der Waals surface area contributed by atoms with Gasteiger partial charge in [0.2, 0.25) is 0 Å². The molecule has 20 heavy (non-hydrogen) atoms. The van der Waals surface area contributed by atoms with Crippen LogP contribution in [0.4, 0.5) is 11.4 Å². The van der Waals surface area contributed by atoms with E-state index in [1.165, 1.54) is 12.1 Å². The molecular weight excluding hydrogens is 301 g/mol. The lowest BCUT2D eigenvalue weighted by Crippen LogP contribution is -2.29. The molecule has 1 aromatic carbocycles. The summed E-state index contributed by atoms with van der Waals surface area (Å²) < 4.78 is 0. The quantitative estimate of drug-likeness (QED) is 0.580. The Balaban J connectivity index is 3.26. The molecule has 0 radical (unpaired) electrons. The number of hydrogen-bond donors (Lipinski definition) is 0.